The Morgan fingerprint density at radius 3 is 2.87 bits per heavy atom. The molecule has 2 aliphatic heterocycles. The third-order valence-electron chi connectivity index (χ3n) is 3.72. The maximum Gasteiger partial charge on any atom is 0.272 e. The highest BCUT2D eigenvalue weighted by molar-refractivity contribution is 9.10. The Labute approximate surface area is 144 Å². The van der Waals surface area contributed by atoms with Gasteiger partial charge in [0.25, 0.3) is 5.91 Å². The van der Waals surface area contributed by atoms with Gasteiger partial charge >= 0.3 is 0 Å². The molecule has 23 heavy (non-hydrogen) atoms. The number of aromatic hydroxyl groups is 2. The van der Waals surface area contributed by atoms with E-state index in [1.54, 1.807) is 22.9 Å². The topological polar surface area (TPSA) is 102 Å². The van der Waals surface area contributed by atoms with Crippen LogP contribution in [-0.2, 0) is 4.79 Å². The predicted octanol–water partition coefficient (Wildman–Crippen LogP) is 1.64. The lowest BCUT2D eigenvalue weighted by atomic mass is 10.1. The minimum atomic E-state index is -0.519. The summed E-state index contributed by atoms with van der Waals surface area (Å²) in [5, 5.41) is 23.0. The van der Waals surface area contributed by atoms with Crippen LogP contribution in [0.5, 0.6) is 11.5 Å². The summed E-state index contributed by atoms with van der Waals surface area (Å²) in [5.41, 5.74) is 2.54. The van der Waals surface area contributed by atoms with Crippen LogP contribution in [0, 0.1) is 0 Å². The van der Waals surface area contributed by atoms with Crippen molar-refractivity contribution in [2.24, 2.45) is 5.10 Å². The first-order valence-electron chi connectivity index (χ1n) is 6.82. The van der Waals surface area contributed by atoms with Crippen molar-refractivity contribution in [3.05, 3.63) is 22.2 Å². The van der Waals surface area contributed by atoms with Gasteiger partial charge in [0, 0.05) is 17.2 Å². The van der Waals surface area contributed by atoms with Crippen LogP contribution in [0.3, 0.4) is 0 Å². The Hall–Kier alpha value is -1.74. The van der Waals surface area contributed by atoms with Crippen molar-refractivity contribution in [3.63, 3.8) is 0 Å². The Morgan fingerprint density at radius 2 is 2.22 bits per heavy atom. The highest BCUT2D eigenvalue weighted by Crippen LogP contribution is 2.45. The van der Waals surface area contributed by atoms with Gasteiger partial charge in [0.05, 0.1) is 22.1 Å². The van der Waals surface area contributed by atoms with Gasteiger partial charge in [-0.3, -0.25) is 9.59 Å². The summed E-state index contributed by atoms with van der Waals surface area (Å²) in [4.78, 5) is 25.3. The Morgan fingerprint density at radius 1 is 1.52 bits per heavy atom. The molecule has 0 spiro atoms. The number of phenolic OH excluding ortho intramolecular Hbond substituents is 2. The van der Waals surface area contributed by atoms with Crippen molar-refractivity contribution in [1.29, 1.82) is 0 Å². The molecule has 0 radical (unpaired) electrons. The van der Waals surface area contributed by atoms with E-state index in [2.05, 4.69) is 26.5 Å². The van der Waals surface area contributed by atoms with Crippen LogP contribution in [0.15, 0.2) is 21.7 Å². The number of benzene rings is 1. The summed E-state index contributed by atoms with van der Waals surface area (Å²) < 4.78 is 0.00928. The predicted molar refractivity (Wildman–Crippen MR) is 89.5 cm³/mol. The standard InChI is InChI=1S/C14H14BrN3O4S/c1-14(6-18-11(21)4-12(18)23-14)5-16-17-13(22)7-2-9(19)10(20)3-8(7)15/h2-3,5,12,19-20H,4,6H2,1H3,(H,17,22)/b16-5+/t12?,14-/m0/s1. The Bertz CT molecular complexity index is 726. The van der Waals surface area contributed by atoms with E-state index in [-0.39, 0.29) is 33.1 Å². The molecule has 0 saturated carbocycles. The highest BCUT2D eigenvalue weighted by Gasteiger charge is 2.49. The third-order valence-corrected chi connectivity index (χ3v) is 5.84. The van der Waals surface area contributed by atoms with Crippen molar-refractivity contribution in [2.45, 2.75) is 23.5 Å². The van der Waals surface area contributed by atoms with Crippen LogP contribution in [0.4, 0.5) is 0 Å². The molecule has 3 N–H and O–H groups in total. The second kappa shape index (κ2) is 5.72. The number of nitrogens with one attached hydrogen (secondary N) is 1. The number of amides is 2. The van der Waals surface area contributed by atoms with Gasteiger partial charge in [-0.25, -0.2) is 5.43 Å². The number of hydrazone groups is 1. The molecule has 2 heterocycles. The number of hydrogen-bond acceptors (Lipinski definition) is 6. The van der Waals surface area contributed by atoms with Gasteiger partial charge in [0.15, 0.2) is 11.5 Å². The number of β-lactam (4-membered cyclic amide) rings is 1. The fourth-order valence-corrected chi connectivity index (χ4v) is 4.50. The Kier molecular flexibility index (Phi) is 4.01. The van der Waals surface area contributed by atoms with E-state index in [0.717, 1.165) is 6.07 Å². The zero-order valence-electron chi connectivity index (χ0n) is 12.1. The lowest BCUT2D eigenvalue weighted by Gasteiger charge is -2.32. The second-order valence-corrected chi connectivity index (χ2v) is 8.20. The summed E-state index contributed by atoms with van der Waals surface area (Å²) in [6.07, 6.45) is 2.18. The van der Waals surface area contributed by atoms with E-state index >= 15 is 0 Å². The maximum atomic E-state index is 12.1. The molecule has 2 atom stereocenters. The molecule has 1 unspecified atom stereocenters. The van der Waals surface area contributed by atoms with Crippen molar-refractivity contribution in [3.8, 4) is 11.5 Å². The minimum absolute atomic E-state index is 0.146. The van der Waals surface area contributed by atoms with Crippen LogP contribution < -0.4 is 5.43 Å². The molecule has 0 aromatic heterocycles. The van der Waals surface area contributed by atoms with Gasteiger partial charge in [0.2, 0.25) is 5.91 Å². The number of halogens is 1. The first kappa shape index (κ1) is 16.1. The lowest BCUT2D eigenvalue weighted by Crippen LogP contribution is -2.47. The van der Waals surface area contributed by atoms with E-state index in [1.165, 1.54) is 6.07 Å². The van der Waals surface area contributed by atoms with Gasteiger partial charge in [0.1, 0.15) is 0 Å². The van der Waals surface area contributed by atoms with Gasteiger partial charge in [-0.05, 0) is 35.0 Å². The zero-order valence-corrected chi connectivity index (χ0v) is 14.5. The summed E-state index contributed by atoms with van der Waals surface area (Å²) >= 11 is 4.79. The summed E-state index contributed by atoms with van der Waals surface area (Å²) in [5.74, 6) is -1.08. The van der Waals surface area contributed by atoms with E-state index in [0.29, 0.717) is 17.4 Å². The number of thioether (sulfide) groups is 1. The van der Waals surface area contributed by atoms with Crippen LogP contribution in [0.2, 0.25) is 0 Å². The van der Waals surface area contributed by atoms with E-state index in [4.69, 9.17) is 0 Å². The molecule has 7 nitrogen and oxygen atoms in total. The van der Waals surface area contributed by atoms with Crippen molar-refractivity contribution >= 4 is 45.7 Å². The van der Waals surface area contributed by atoms with Crippen LogP contribution >= 0.6 is 27.7 Å². The van der Waals surface area contributed by atoms with Gasteiger partial charge in [-0.1, -0.05) is 0 Å². The number of hydrogen-bond donors (Lipinski definition) is 3. The molecule has 122 valence electrons. The molecule has 2 aliphatic rings. The average Bonchev–Trinajstić information content (AvgIpc) is 2.75. The number of rotatable bonds is 3. The summed E-state index contributed by atoms with van der Waals surface area (Å²) in [7, 11) is 0. The molecule has 1 aromatic rings. The monoisotopic (exact) mass is 399 g/mol. The highest BCUT2D eigenvalue weighted by atomic mass is 79.9. The molecule has 9 heteroatoms. The van der Waals surface area contributed by atoms with Crippen molar-refractivity contribution in [2.75, 3.05) is 6.54 Å². The minimum Gasteiger partial charge on any atom is -0.504 e. The van der Waals surface area contributed by atoms with Gasteiger partial charge < -0.3 is 15.1 Å². The smallest absolute Gasteiger partial charge is 0.272 e. The Balaban J connectivity index is 1.65. The number of carbonyl (C=O) groups is 2. The quantitative estimate of drug-likeness (QED) is 0.310. The number of fused-ring (bicyclic) bond motifs is 1. The average molecular weight is 400 g/mol. The van der Waals surface area contributed by atoms with Gasteiger partial charge in [-0.15, -0.1) is 11.8 Å². The summed E-state index contributed by atoms with van der Waals surface area (Å²) in [6.45, 7) is 2.53. The van der Waals surface area contributed by atoms with E-state index < -0.39 is 5.91 Å². The second-order valence-electron chi connectivity index (χ2n) is 5.63. The fraction of sp³-hybridized carbons (Fsp3) is 0.357. The SMILES string of the molecule is C[C@]1(/C=N/NC(=O)c2cc(O)c(O)cc2Br)CN2C(=O)CC2S1. The molecular weight excluding hydrogens is 386 g/mol. The number of carbonyl (C=O) groups excluding carboxylic acids is 2. The molecule has 2 saturated heterocycles. The normalized spacial score (nSPS) is 26.3. The van der Waals surface area contributed by atoms with Gasteiger partial charge in [-0.2, -0.15) is 5.10 Å². The van der Waals surface area contributed by atoms with Crippen molar-refractivity contribution < 1.29 is 19.8 Å². The molecule has 3 rings (SSSR count). The largest absolute Gasteiger partial charge is 0.504 e. The molecule has 2 fully saturated rings. The molecular formula is C14H14BrN3O4S. The lowest BCUT2D eigenvalue weighted by molar-refractivity contribution is -0.140. The zero-order chi connectivity index (χ0) is 16.8. The summed E-state index contributed by atoms with van der Waals surface area (Å²) in [6, 6.07) is 2.39. The van der Waals surface area contributed by atoms with E-state index in [9.17, 15) is 19.8 Å². The first-order chi connectivity index (χ1) is 10.8. The van der Waals surface area contributed by atoms with Crippen LogP contribution in [0.25, 0.3) is 0 Å². The number of phenols is 2. The third kappa shape index (κ3) is 3.02. The maximum absolute atomic E-state index is 12.1. The molecule has 0 aliphatic carbocycles. The van der Waals surface area contributed by atoms with Crippen molar-refractivity contribution in [1.82, 2.24) is 10.3 Å². The van der Waals surface area contributed by atoms with Crippen LogP contribution in [0.1, 0.15) is 23.7 Å². The molecule has 2 amide bonds. The fourth-order valence-electron chi connectivity index (χ4n) is 2.49. The molecule has 1 aromatic carbocycles. The van der Waals surface area contributed by atoms with Crippen LogP contribution in [-0.4, -0.2) is 49.8 Å². The molecule has 0 bridgehead atoms. The number of nitrogens with zero attached hydrogens (tertiary/aromatic N) is 2. The first-order valence-corrected chi connectivity index (χ1v) is 8.50. The van der Waals surface area contributed by atoms with E-state index in [1.807, 2.05) is 6.92 Å².